The standard InChI is InChI=1S/C14H10Br2O/c15-10-3-4-12-9(6-10)5-8-1-2-11(16)7-13(8)14(12)17/h1-4,6-8,13H,5H2. The van der Waals surface area contributed by atoms with Gasteiger partial charge in [0, 0.05) is 20.4 Å². The van der Waals surface area contributed by atoms with Gasteiger partial charge in [-0.2, -0.15) is 0 Å². The van der Waals surface area contributed by atoms with E-state index >= 15 is 0 Å². The molecule has 0 saturated carbocycles. The summed E-state index contributed by atoms with van der Waals surface area (Å²) in [7, 11) is 0. The van der Waals surface area contributed by atoms with Gasteiger partial charge >= 0.3 is 0 Å². The largest absolute Gasteiger partial charge is 0.293 e. The summed E-state index contributed by atoms with van der Waals surface area (Å²) < 4.78 is 2.05. The Morgan fingerprint density at radius 2 is 2.06 bits per heavy atom. The maximum atomic E-state index is 12.4. The molecule has 1 aromatic rings. The fourth-order valence-corrected chi connectivity index (χ4v) is 3.40. The van der Waals surface area contributed by atoms with Crippen molar-refractivity contribution in [2.75, 3.05) is 0 Å². The quantitative estimate of drug-likeness (QED) is 0.680. The molecule has 0 heterocycles. The number of carbonyl (C=O) groups is 1. The summed E-state index contributed by atoms with van der Waals surface area (Å²) in [6.07, 6.45) is 7.14. The van der Waals surface area contributed by atoms with Crippen molar-refractivity contribution < 1.29 is 4.79 Å². The molecule has 1 nitrogen and oxygen atoms in total. The number of hydrogen-bond donors (Lipinski definition) is 0. The van der Waals surface area contributed by atoms with Crippen molar-refractivity contribution in [1.29, 1.82) is 0 Å². The zero-order valence-corrected chi connectivity index (χ0v) is 12.2. The van der Waals surface area contributed by atoms with Crippen molar-refractivity contribution in [3.8, 4) is 0 Å². The van der Waals surface area contributed by atoms with E-state index in [1.54, 1.807) is 0 Å². The first-order valence-electron chi connectivity index (χ1n) is 5.53. The molecule has 3 heteroatoms. The molecule has 0 radical (unpaired) electrons. The van der Waals surface area contributed by atoms with Crippen molar-refractivity contribution in [2.45, 2.75) is 6.42 Å². The van der Waals surface area contributed by atoms with Crippen LogP contribution in [-0.4, -0.2) is 5.78 Å². The average molecular weight is 354 g/mol. The maximum absolute atomic E-state index is 12.4. The number of Topliss-reactive ketones (excluding diaryl/α,β-unsaturated/α-hetero) is 1. The van der Waals surface area contributed by atoms with Gasteiger partial charge < -0.3 is 0 Å². The van der Waals surface area contributed by atoms with Crippen molar-refractivity contribution in [1.82, 2.24) is 0 Å². The molecule has 17 heavy (non-hydrogen) atoms. The Labute approximate surface area is 117 Å². The summed E-state index contributed by atoms with van der Waals surface area (Å²) in [4.78, 5) is 12.4. The highest BCUT2D eigenvalue weighted by Gasteiger charge is 2.34. The van der Waals surface area contributed by atoms with Crippen LogP contribution >= 0.6 is 31.9 Å². The van der Waals surface area contributed by atoms with Crippen LogP contribution < -0.4 is 0 Å². The first kappa shape index (κ1) is 11.4. The van der Waals surface area contributed by atoms with Gasteiger partial charge in [0.1, 0.15) is 0 Å². The summed E-state index contributed by atoms with van der Waals surface area (Å²) in [5, 5.41) is 0. The smallest absolute Gasteiger partial charge is 0.170 e. The SMILES string of the molecule is O=C1c2ccc(Br)cc2CC2C=CC(Br)=CC12. The fourth-order valence-electron chi connectivity index (χ4n) is 2.56. The molecule has 1 aromatic carbocycles. The highest BCUT2D eigenvalue weighted by molar-refractivity contribution is 9.12. The van der Waals surface area contributed by atoms with E-state index in [9.17, 15) is 4.79 Å². The van der Waals surface area contributed by atoms with Crippen LogP contribution in [0.1, 0.15) is 15.9 Å². The first-order chi connectivity index (χ1) is 8.15. The van der Waals surface area contributed by atoms with E-state index in [2.05, 4.69) is 44.0 Å². The Morgan fingerprint density at radius 3 is 2.88 bits per heavy atom. The number of halogens is 2. The first-order valence-corrected chi connectivity index (χ1v) is 7.12. The lowest BCUT2D eigenvalue weighted by Crippen LogP contribution is -2.30. The van der Waals surface area contributed by atoms with Crippen LogP contribution in [0.2, 0.25) is 0 Å². The number of ketones is 1. The monoisotopic (exact) mass is 352 g/mol. The van der Waals surface area contributed by atoms with Gasteiger partial charge in [0.05, 0.1) is 0 Å². The zero-order valence-electron chi connectivity index (χ0n) is 8.99. The number of hydrogen-bond acceptors (Lipinski definition) is 1. The van der Waals surface area contributed by atoms with Gasteiger partial charge in [0.2, 0.25) is 0 Å². The second-order valence-corrected chi connectivity index (χ2v) is 6.30. The zero-order chi connectivity index (χ0) is 12.0. The maximum Gasteiger partial charge on any atom is 0.170 e. The van der Waals surface area contributed by atoms with Gasteiger partial charge in [-0.05, 0) is 36.1 Å². The number of fused-ring (bicyclic) bond motifs is 2. The van der Waals surface area contributed by atoms with Crippen LogP contribution in [0.25, 0.3) is 0 Å². The molecule has 0 amide bonds. The molecule has 86 valence electrons. The van der Waals surface area contributed by atoms with E-state index in [0.29, 0.717) is 5.92 Å². The summed E-state index contributed by atoms with van der Waals surface area (Å²) in [6.45, 7) is 0. The van der Waals surface area contributed by atoms with E-state index in [4.69, 9.17) is 0 Å². The van der Waals surface area contributed by atoms with Crippen molar-refractivity contribution >= 4 is 37.6 Å². The third kappa shape index (κ3) is 1.95. The van der Waals surface area contributed by atoms with E-state index < -0.39 is 0 Å². The number of rotatable bonds is 0. The van der Waals surface area contributed by atoms with Gasteiger partial charge in [-0.1, -0.05) is 50.1 Å². The second kappa shape index (κ2) is 4.21. The lowest BCUT2D eigenvalue weighted by Gasteiger charge is -2.30. The molecule has 2 aliphatic rings. The van der Waals surface area contributed by atoms with Gasteiger partial charge in [0.15, 0.2) is 5.78 Å². The van der Waals surface area contributed by atoms with Crippen molar-refractivity contribution in [3.05, 3.63) is 56.5 Å². The third-order valence-electron chi connectivity index (χ3n) is 3.39. The van der Waals surface area contributed by atoms with Gasteiger partial charge in [-0.3, -0.25) is 4.79 Å². The molecule has 2 atom stereocenters. The van der Waals surface area contributed by atoms with Gasteiger partial charge in [0.25, 0.3) is 0 Å². The van der Waals surface area contributed by atoms with Crippen LogP contribution in [-0.2, 0) is 6.42 Å². The summed E-state index contributed by atoms with van der Waals surface area (Å²) in [5.41, 5.74) is 2.03. The minimum Gasteiger partial charge on any atom is -0.293 e. The molecule has 0 fully saturated rings. The Morgan fingerprint density at radius 1 is 1.24 bits per heavy atom. The normalized spacial score (nSPS) is 26.2. The van der Waals surface area contributed by atoms with Crippen LogP contribution in [0.5, 0.6) is 0 Å². The van der Waals surface area contributed by atoms with E-state index in [1.807, 2.05) is 24.3 Å². The molecule has 2 aliphatic carbocycles. The van der Waals surface area contributed by atoms with E-state index in [1.165, 1.54) is 0 Å². The van der Waals surface area contributed by atoms with Gasteiger partial charge in [-0.25, -0.2) is 0 Å². The highest BCUT2D eigenvalue weighted by Crippen LogP contribution is 2.37. The van der Waals surface area contributed by atoms with Crippen LogP contribution in [0.4, 0.5) is 0 Å². The predicted octanol–water partition coefficient (Wildman–Crippen LogP) is 4.27. The van der Waals surface area contributed by atoms with Crippen LogP contribution in [0.3, 0.4) is 0 Å². The molecule has 0 N–H and O–H groups in total. The molecular formula is C14H10Br2O. The Kier molecular flexibility index (Phi) is 2.83. The topological polar surface area (TPSA) is 17.1 Å². The number of allylic oxidation sites excluding steroid dienone is 4. The molecule has 3 rings (SSSR count). The van der Waals surface area contributed by atoms with Gasteiger partial charge in [-0.15, -0.1) is 0 Å². The molecule has 0 bridgehead atoms. The minimum atomic E-state index is 0.00282. The van der Waals surface area contributed by atoms with E-state index in [-0.39, 0.29) is 11.7 Å². The number of benzene rings is 1. The molecule has 0 aromatic heterocycles. The lowest BCUT2D eigenvalue weighted by molar-refractivity contribution is 0.0907. The van der Waals surface area contributed by atoms with Crippen molar-refractivity contribution in [2.24, 2.45) is 11.8 Å². The molecule has 0 saturated heterocycles. The van der Waals surface area contributed by atoms with E-state index in [0.717, 1.165) is 26.5 Å². The fraction of sp³-hybridized carbons (Fsp3) is 0.214. The van der Waals surface area contributed by atoms with Crippen molar-refractivity contribution in [3.63, 3.8) is 0 Å². The summed E-state index contributed by atoms with van der Waals surface area (Å²) >= 11 is 6.90. The Bertz CT molecular complexity index is 557. The Hall–Kier alpha value is -0.670. The molecule has 0 spiro atoms. The van der Waals surface area contributed by atoms with Crippen LogP contribution in [0, 0.1) is 11.8 Å². The number of carbonyl (C=O) groups excluding carboxylic acids is 1. The predicted molar refractivity (Wildman–Crippen MR) is 75.3 cm³/mol. The summed E-state index contributed by atoms with van der Waals surface area (Å²) in [6, 6.07) is 5.93. The molecule has 2 unspecified atom stereocenters. The third-order valence-corrected chi connectivity index (χ3v) is 4.42. The second-order valence-electron chi connectivity index (χ2n) is 4.47. The molecule has 0 aliphatic heterocycles. The highest BCUT2D eigenvalue weighted by atomic mass is 79.9. The minimum absolute atomic E-state index is 0.00282. The van der Waals surface area contributed by atoms with Crippen LogP contribution in [0.15, 0.2) is 45.4 Å². The Balaban J connectivity index is 2.09. The lowest BCUT2D eigenvalue weighted by atomic mass is 9.73. The average Bonchev–Trinajstić information content (AvgIpc) is 2.30. The molecular weight excluding hydrogens is 344 g/mol. The summed E-state index contributed by atoms with van der Waals surface area (Å²) in [5.74, 6) is 0.554.